The number of alkyl halides is 3. The van der Waals surface area contributed by atoms with Crippen LogP contribution in [0.25, 0.3) is 11.2 Å². The monoisotopic (exact) mass is 425 g/mol. The van der Waals surface area contributed by atoms with Crippen LogP contribution in [0.2, 0.25) is 0 Å². The van der Waals surface area contributed by atoms with E-state index in [9.17, 15) is 23.1 Å². The average molecular weight is 425 g/mol. The molecule has 0 amide bonds. The molecule has 0 radical (unpaired) electrons. The lowest BCUT2D eigenvalue weighted by molar-refractivity contribution is -0.141. The molecule has 0 aliphatic heterocycles. The highest BCUT2D eigenvalue weighted by atomic mass is 19.4. The third-order valence-corrected chi connectivity index (χ3v) is 5.65. The molecule has 0 saturated heterocycles. The number of aromatic nitrogens is 3. The lowest BCUT2D eigenvalue weighted by atomic mass is 9.92. The Bertz CT molecular complexity index is 922. The number of aryl methyl sites for hydroxylation is 1. The molecule has 5 nitrogen and oxygen atoms in total. The number of aliphatic hydroxyl groups is 1. The van der Waals surface area contributed by atoms with Gasteiger partial charge in [0.05, 0.1) is 5.60 Å². The molecule has 2 heterocycles. The van der Waals surface area contributed by atoms with Crippen molar-refractivity contribution in [3.05, 3.63) is 23.7 Å². The molecule has 3 rings (SSSR count). The van der Waals surface area contributed by atoms with Crippen molar-refractivity contribution in [2.45, 2.75) is 90.0 Å². The van der Waals surface area contributed by atoms with Crippen LogP contribution in [0.4, 0.5) is 13.2 Å². The summed E-state index contributed by atoms with van der Waals surface area (Å²) >= 11 is 0. The third kappa shape index (κ3) is 5.20. The molecule has 30 heavy (non-hydrogen) atoms. The number of carbonyl (C=O) groups is 1. The lowest BCUT2D eigenvalue weighted by Gasteiger charge is -2.24. The Morgan fingerprint density at radius 3 is 2.37 bits per heavy atom. The first-order valence-corrected chi connectivity index (χ1v) is 10.5. The number of hydrogen-bond donors (Lipinski definition) is 1. The maximum atomic E-state index is 13.1. The minimum atomic E-state index is -4.51. The maximum Gasteiger partial charge on any atom is 0.433 e. The fraction of sp³-hybridized carbons (Fsp3) is 0.682. The van der Waals surface area contributed by atoms with Gasteiger partial charge in [0.2, 0.25) is 0 Å². The maximum absolute atomic E-state index is 13.1. The Hall–Kier alpha value is -1.96. The molecule has 0 bridgehead atoms. The van der Waals surface area contributed by atoms with E-state index in [4.69, 9.17) is 0 Å². The number of unbranched alkanes of at least 4 members (excludes halogenated alkanes) is 1. The van der Waals surface area contributed by atoms with Gasteiger partial charge in [-0.15, -0.1) is 0 Å². The summed E-state index contributed by atoms with van der Waals surface area (Å²) in [6.45, 7) is 7.45. The standard InChI is InChI=1S/C22H30F3N3O2/c1-20(2,3)28-18(26-16-11-12-17(22(23,24)25)27-19(16)28)8-6-5-7-15(29)13-21(4,30)14-9-10-14/h11-12,14,30H,5-10,13H2,1-4H3. The number of pyridine rings is 1. The van der Waals surface area contributed by atoms with E-state index in [1.165, 1.54) is 6.07 Å². The zero-order chi connectivity index (χ0) is 22.3. The first kappa shape index (κ1) is 22.7. The quantitative estimate of drug-likeness (QED) is 0.602. The largest absolute Gasteiger partial charge is 0.433 e. The van der Waals surface area contributed by atoms with Gasteiger partial charge in [-0.25, -0.2) is 9.97 Å². The van der Waals surface area contributed by atoms with E-state index in [1.807, 2.05) is 20.8 Å². The lowest BCUT2D eigenvalue weighted by Crippen LogP contribution is -2.30. The van der Waals surface area contributed by atoms with Crippen LogP contribution >= 0.6 is 0 Å². The van der Waals surface area contributed by atoms with Crippen LogP contribution in [0.3, 0.4) is 0 Å². The van der Waals surface area contributed by atoms with Gasteiger partial charge >= 0.3 is 6.18 Å². The first-order valence-electron chi connectivity index (χ1n) is 10.5. The SMILES string of the molecule is CC(O)(CC(=O)CCCCc1nc2ccc(C(F)(F)F)nc2n1C(C)(C)C)C1CC1. The molecule has 2 aromatic heterocycles. The number of carbonyl (C=O) groups excluding carboxylic acids is 1. The summed E-state index contributed by atoms with van der Waals surface area (Å²) < 4.78 is 41.1. The van der Waals surface area contributed by atoms with Crippen LogP contribution in [0.1, 0.15) is 77.7 Å². The molecule has 2 aromatic rings. The van der Waals surface area contributed by atoms with Crippen LogP contribution in [0.15, 0.2) is 12.1 Å². The highest BCUT2D eigenvalue weighted by molar-refractivity contribution is 5.79. The first-order chi connectivity index (χ1) is 13.8. The van der Waals surface area contributed by atoms with Gasteiger partial charge in [-0.1, -0.05) is 0 Å². The van der Waals surface area contributed by atoms with E-state index in [0.717, 1.165) is 18.9 Å². The molecule has 8 heteroatoms. The topological polar surface area (TPSA) is 68.0 Å². The Morgan fingerprint density at radius 2 is 1.80 bits per heavy atom. The summed E-state index contributed by atoms with van der Waals surface area (Å²) in [4.78, 5) is 20.6. The second-order valence-electron chi connectivity index (χ2n) is 9.63. The van der Waals surface area contributed by atoms with E-state index >= 15 is 0 Å². The molecule has 1 aliphatic carbocycles. The van der Waals surface area contributed by atoms with Crippen molar-refractivity contribution < 1.29 is 23.1 Å². The zero-order valence-corrected chi connectivity index (χ0v) is 18.0. The van der Waals surface area contributed by atoms with Crippen LogP contribution in [-0.4, -0.2) is 31.0 Å². The molecule has 166 valence electrons. The fourth-order valence-corrected chi connectivity index (χ4v) is 3.98. The molecule has 1 N–H and O–H groups in total. The molecule has 0 spiro atoms. The summed E-state index contributed by atoms with van der Waals surface area (Å²) in [7, 11) is 0. The summed E-state index contributed by atoms with van der Waals surface area (Å²) in [5.41, 5.74) is -1.66. The van der Waals surface area contributed by atoms with E-state index in [1.54, 1.807) is 11.5 Å². The van der Waals surface area contributed by atoms with Crippen LogP contribution in [0, 0.1) is 5.92 Å². The van der Waals surface area contributed by atoms with Crippen LogP contribution in [-0.2, 0) is 22.9 Å². The van der Waals surface area contributed by atoms with Gasteiger partial charge in [0.25, 0.3) is 0 Å². The van der Waals surface area contributed by atoms with Crippen molar-refractivity contribution in [2.24, 2.45) is 5.92 Å². The molecular weight excluding hydrogens is 395 g/mol. The Morgan fingerprint density at radius 1 is 1.13 bits per heavy atom. The van der Waals surface area contributed by atoms with Gasteiger partial charge in [0.15, 0.2) is 5.65 Å². The minimum Gasteiger partial charge on any atom is -0.389 e. The second-order valence-corrected chi connectivity index (χ2v) is 9.63. The number of fused-ring (bicyclic) bond motifs is 1. The third-order valence-electron chi connectivity index (χ3n) is 5.65. The molecular formula is C22H30F3N3O2. The fourth-order valence-electron chi connectivity index (χ4n) is 3.98. The number of halogens is 3. The number of rotatable bonds is 8. The Balaban J connectivity index is 1.68. The van der Waals surface area contributed by atoms with Gasteiger partial charge < -0.3 is 9.67 Å². The number of hydrogen-bond acceptors (Lipinski definition) is 4. The van der Waals surface area contributed by atoms with Gasteiger partial charge in [0.1, 0.15) is 22.8 Å². The zero-order valence-electron chi connectivity index (χ0n) is 18.0. The van der Waals surface area contributed by atoms with Crippen molar-refractivity contribution in [3.8, 4) is 0 Å². The summed E-state index contributed by atoms with van der Waals surface area (Å²) in [5, 5.41) is 10.3. The molecule has 1 saturated carbocycles. The van der Waals surface area contributed by atoms with E-state index in [2.05, 4.69) is 9.97 Å². The minimum absolute atomic E-state index is 0.0488. The van der Waals surface area contributed by atoms with E-state index in [0.29, 0.717) is 37.0 Å². The predicted molar refractivity (Wildman–Crippen MR) is 108 cm³/mol. The van der Waals surface area contributed by atoms with Crippen molar-refractivity contribution in [2.75, 3.05) is 0 Å². The van der Waals surface area contributed by atoms with Crippen molar-refractivity contribution in [3.63, 3.8) is 0 Å². The van der Waals surface area contributed by atoms with Gasteiger partial charge in [-0.3, -0.25) is 4.79 Å². The highest BCUT2D eigenvalue weighted by Gasteiger charge is 2.41. The summed E-state index contributed by atoms with van der Waals surface area (Å²) in [6.07, 6.45) is -0.111. The smallest absolute Gasteiger partial charge is 0.389 e. The number of Topliss-reactive ketones (excluding diaryl/α,β-unsaturated/α-hetero) is 1. The number of nitrogens with zero attached hydrogens (tertiary/aromatic N) is 3. The molecule has 1 atom stereocenters. The number of ketones is 1. The van der Waals surface area contributed by atoms with Gasteiger partial charge in [-0.2, -0.15) is 13.2 Å². The van der Waals surface area contributed by atoms with Crippen molar-refractivity contribution in [1.82, 2.24) is 14.5 Å². The highest BCUT2D eigenvalue weighted by Crippen LogP contribution is 2.41. The van der Waals surface area contributed by atoms with Crippen molar-refractivity contribution >= 4 is 16.9 Å². The number of imidazole rings is 1. The van der Waals surface area contributed by atoms with Gasteiger partial charge in [0, 0.05) is 24.8 Å². The van der Waals surface area contributed by atoms with E-state index in [-0.39, 0.29) is 23.8 Å². The van der Waals surface area contributed by atoms with E-state index < -0.39 is 23.0 Å². The molecule has 1 aliphatic rings. The molecule has 0 aromatic carbocycles. The average Bonchev–Trinajstić information content (AvgIpc) is 3.38. The normalized spacial score (nSPS) is 17.3. The molecule has 1 unspecified atom stereocenters. The molecule has 1 fully saturated rings. The second kappa shape index (κ2) is 7.94. The van der Waals surface area contributed by atoms with Crippen LogP contribution < -0.4 is 0 Å². The Kier molecular flexibility index (Phi) is 6.02. The van der Waals surface area contributed by atoms with Crippen molar-refractivity contribution in [1.29, 1.82) is 0 Å². The summed E-state index contributed by atoms with van der Waals surface area (Å²) in [5.74, 6) is 0.955. The predicted octanol–water partition coefficient (Wildman–Crippen LogP) is 5.04. The van der Waals surface area contributed by atoms with Gasteiger partial charge in [-0.05, 0) is 71.4 Å². The Labute approximate surface area is 174 Å². The van der Waals surface area contributed by atoms with Crippen LogP contribution in [0.5, 0.6) is 0 Å². The summed E-state index contributed by atoms with van der Waals surface area (Å²) in [6, 6.07) is 2.32.